The van der Waals surface area contributed by atoms with E-state index in [0.29, 0.717) is 42.5 Å². The number of benzene rings is 3. The Bertz CT molecular complexity index is 1530. The zero-order chi connectivity index (χ0) is 28.6. The summed E-state index contributed by atoms with van der Waals surface area (Å²) in [4.78, 5) is 38.5. The lowest BCUT2D eigenvalue weighted by Crippen LogP contribution is -2.30. The number of hydrogen-bond acceptors (Lipinski definition) is 8. The lowest BCUT2D eigenvalue weighted by molar-refractivity contribution is 0.0733. The number of amides is 1. The van der Waals surface area contributed by atoms with Crippen molar-refractivity contribution in [2.45, 2.75) is 33.7 Å². The molecule has 9 heteroatoms. The third-order valence-corrected chi connectivity index (χ3v) is 5.95. The van der Waals surface area contributed by atoms with Gasteiger partial charge in [-0.25, -0.2) is 9.59 Å². The summed E-state index contributed by atoms with van der Waals surface area (Å²) in [5.41, 5.74) is 0.335. The number of nitrogens with one attached hydrogen (secondary N) is 1. The molecule has 0 aliphatic rings. The van der Waals surface area contributed by atoms with E-state index in [1.54, 1.807) is 12.1 Å². The molecule has 3 aromatic carbocycles. The number of carbonyl (C=O) groups is 2. The lowest BCUT2D eigenvalue weighted by Gasteiger charge is -2.17. The van der Waals surface area contributed by atoms with Gasteiger partial charge < -0.3 is 28.7 Å². The summed E-state index contributed by atoms with van der Waals surface area (Å²) in [6.07, 6.45) is 0. The average Bonchev–Trinajstić information content (AvgIpc) is 2.94. The maximum absolute atomic E-state index is 13.0. The molecule has 0 radical (unpaired) electrons. The van der Waals surface area contributed by atoms with Crippen LogP contribution in [0.3, 0.4) is 0 Å². The van der Waals surface area contributed by atoms with Gasteiger partial charge in [0.25, 0.3) is 5.91 Å². The molecule has 1 unspecified atom stereocenters. The number of esters is 1. The van der Waals surface area contributed by atoms with Gasteiger partial charge in [0, 0.05) is 11.5 Å². The molecular weight excluding hydrogens is 514 g/mol. The highest BCUT2D eigenvalue weighted by atomic mass is 16.5. The molecule has 0 aliphatic carbocycles. The highest BCUT2D eigenvalue weighted by Gasteiger charge is 2.21. The number of hydrogen-bond donors (Lipinski definition) is 1. The molecule has 1 heterocycles. The maximum Gasteiger partial charge on any atom is 0.349 e. The molecule has 0 saturated heterocycles. The molecule has 0 fully saturated rings. The normalized spacial score (nSPS) is 11.5. The molecule has 1 N–H and O–H groups in total. The number of ether oxygens (including phenoxy) is 4. The summed E-state index contributed by atoms with van der Waals surface area (Å²) in [5, 5.41) is 3.31. The van der Waals surface area contributed by atoms with Crippen molar-refractivity contribution in [3.05, 3.63) is 93.8 Å². The highest BCUT2D eigenvalue weighted by Crippen LogP contribution is 2.39. The Labute approximate surface area is 231 Å². The second-order valence-corrected chi connectivity index (χ2v) is 8.74. The van der Waals surface area contributed by atoms with E-state index in [9.17, 15) is 14.4 Å². The molecule has 4 rings (SSSR count). The van der Waals surface area contributed by atoms with Gasteiger partial charge >= 0.3 is 11.6 Å². The fourth-order valence-electron chi connectivity index (χ4n) is 4.09. The number of fused-ring (bicyclic) bond motifs is 1. The highest BCUT2D eigenvalue weighted by molar-refractivity contribution is 5.97. The first-order chi connectivity index (χ1) is 19.3. The van der Waals surface area contributed by atoms with Crippen LogP contribution >= 0.6 is 0 Å². The van der Waals surface area contributed by atoms with Crippen LogP contribution in [0.1, 0.15) is 60.0 Å². The molecule has 0 spiro atoms. The van der Waals surface area contributed by atoms with E-state index in [1.165, 1.54) is 24.3 Å². The van der Waals surface area contributed by atoms with Crippen LogP contribution in [0.5, 0.6) is 23.0 Å². The largest absolute Gasteiger partial charge is 0.490 e. The van der Waals surface area contributed by atoms with Gasteiger partial charge in [-0.15, -0.1) is 0 Å². The summed E-state index contributed by atoms with van der Waals surface area (Å²) >= 11 is 0. The Morgan fingerprint density at radius 3 is 2.12 bits per heavy atom. The topological polar surface area (TPSA) is 113 Å². The van der Waals surface area contributed by atoms with Crippen LogP contribution in [0.25, 0.3) is 11.0 Å². The summed E-state index contributed by atoms with van der Waals surface area (Å²) in [7, 11) is 0. The van der Waals surface area contributed by atoms with Crippen LogP contribution in [0.4, 0.5) is 0 Å². The minimum atomic E-state index is -0.803. The maximum atomic E-state index is 13.0. The quantitative estimate of drug-likeness (QED) is 0.145. The van der Waals surface area contributed by atoms with E-state index >= 15 is 0 Å². The number of rotatable bonds is 11. The molecule has 9 nitrogen and oxygen atoms in total. The van der Waals surface area contributed by atoms with Crippen LogP contribution in [-0.2, 0) is 0 Å². The van der Waals surface area contributed by atoms with Crippen molar-refractivity contribution in [1.82, 2.24) is 5.32 Å². The van der Waals surface area contributed by atoms with Crippen LogP contribution < -0.4 is 29.9 Å². The van der Waals surface area contributed by atoms with E-state index in [-0.39, 0.29) is 28.5 Å². The third-order valence-electron chi connectivity index (χ3n) is 5.95. The molecule has 1 aromatic heterocycles. The van der Waals surface area contributed by atoms with E-state index in [0.717, 1.165) is 5.56 Å². The minimum Gasteiger partial charge on any atom is -0.490 e. The Morgan fingerprint density at radius 1 is 0.850 bits per heavy atom. The van der Waals surface area contributed by atoms with Crippen LogP contribution in [0.2, 0.25) is 0 Å². The predicted molar refractivity (Wildman–Crippen MR) is 150 cm³/mol. The van der Waals surface area contributed by atoms with Gasteiger partial charge in [-0.3, -0.25) is 4.79 Å². The second-order valence-electron chi connectivity index (χ2n) is 8.74. The Morgan fingerprint density at radius 2 is 1.50 bits per heavy atom. The summed E-state index contributed by atoms with van der Waals surface area (Å²) in [6, 6.07) is 18.2. The van der Waals surface area contributed by atoms with Gasteiger partial charge in [0.2, 0.25) is 5.75 Å². The predicted octanol–water partition coefficient (Wildman–Crippen LogP) is 5.70. The molecule has 0 bridgehead atoms. The first-order valence-electron chi connectivity index (χ1n) is 13.1. The summed E-state index contributed by atoms with van der Waals surface area (Å²) in [5.74, 6) is 0.0673. The molecule has 0 aliphatic heterocycles. The van der Waals surface area contributed by atoms with Crippen LogP contribution in [-0.4, -0.2) is 31.7 Å². The van der Waals surface area contributed by atoms with Gasteiger partial charge in [-0.2, -0.15) is 0 Å². The zero-order valence-electron chi connectivity index (χ0n) is 22.8. The molecule has 208 valence electrons. The van der Waals surface area contributed by atoms with Crippen LogP contribution in [0.15, 0.2) is 75.9 Å². The first-order valence-corrected chi connectivity index (χ1v) is 13.1. The van der Waals surface area contributed by atoms with E-state index in [1.807, 2.05) is 58.0 Å². The van der Waals surface area contributed by atoms with E-state index in [4.69, 9.17) is 23.4 Å². The monoisotopic (exact) mass is 545 g/mol. The standard InChI is InChI=1S/C31H31NO8/c1-5-36-26-16-22(17-27(37-6-2)28(26)38-7-3)30(34)39-23-14-13-21-15-24(31(35)40-25(21)18-23)29(33)32-19(4)20-11-9-8-10-12-20/h8-19H,5-7H2,1-4H3,(H,32,33). The van der Waals surface area contributed by atoms with Crippen molar-refractivity contribution in [3.8, 4) is 23.0 Å². The Hall–Kier alpha value is -4.79. The summed E-state index contributed by atoms with van der Waals surface area (Å²) < 4.78 is 28.0. The van der Waals surface area contributed by atoms with Gasteiger partial charge in [-0.1, -0.05) is 30.3 Å². The fraction of sp³-hybridized carbons (Fsp3) is 0.258. The Balaban J connectivity index is 1.56. The van der Waals surface area contributed by atoms with Crippen LogP contribution in [0, 0.1) is 0 Å². The fourth-order valence-corrected chi connectivity index (χ4v) is 4.09. The average molecular weight is 546 g/mol. The van der Waals surface area contributed by atoms with Gasteiger partial charge in [0.15, 0.2) is 11.5 Å². The van der Waals surface area contributed by atoms with Gasteiger partial charge in [-0.05, 0) is 63.6 Å². The van der Waals surface area contributed by atoms with Crippen molar-refractivity contribution >= 4 is 22.8 Å². The van der Waals surface area contributed by atoms with Gasteiger partial charge in [0.05, 0.1) is 31.4 Å². The molecule has 1 atom stereocenters. The molecule has 4 aromatic rings. The van der Waals surface area contributed by atoms with Crippen molar-refractivity contribution < 1.29 is 33.0 Å². The van der Waals surface area contributed by atoms with E-state index in [2.05, 4.69) is 5.32 Å². The van der Waals surface area contributed by atoms with Crippen molar-refractivity contribution in [1.29, 1.82) is 0 Å². The third kappa shape index (κ3) is 6.43. The smallest absolute Gasteiger partial charge is 0.349 e. The van der Waals surface area contributed by atoms with Crippen molar-refractivity contribution in [2.75, 3.05) is 19.8 Å². The molecule has 1 amide bonds. The summed E-state index contributed by atoms with van der Waals surface area (Å²) in [6.45, 7) is 8.42. The number of carbonyl (C=O) groups excluding carboxylic acids is 2. The zero-order valence-corrected chi connectivity index (χ0v) is 22.8. The molecule has 0 saturated carbocycles. The second kappa shape index (κ2) is 12.8. The van der Waals surface area contributed by atoms with E-state index < -0.39 is 17.5 Å². The first kappa shape index (κ1) is 28.2. The lowest BCUT2D eigenvalue weighted by atomic mass is 10.1. The SMILES string of the molecule is CCOc1cc(C(=O)Oc2ccc3cc(C(=O)NC(C)c4ccccc4)c(=O)oc3c2)cc(OCC)c1OCC. The van der Waals surface area contributed by atoms with Gasteiger partial charge in [0.1, 0.15) is 16.9 Å². The Kier molecular flexibility index (Phi) is 9.06. The minimum absolute atomic E-state index is 0.124. The molecular formula is C31H31NO8. The molecule has 40 heavy (non-hydrogen) atoms. The van der Waals surface area contributed by atoms with Crippen molar-refractivity contribution in [3.63, 3.8) is 0 Å². The van der Waals surface area contributed by atoms with Crippen molar-refractivity contribution in [2.24, 2.45) is 0 Å².